The van der Waals surface area contributed by atoms with Gasteiger partial charge in [0.15, 0.2) is 17.6 Å². The number of nitrogens with zero attached hydrogens (tertiary/aromatic N) is 1. The predicted octanol–water partition coefficient (Wildman–Crippen LogP) is 0.865. The maximum atomic E-state index is 12.2. The van der Waals surface area contributed by atoms with Gasteiger partial charge in [0, 0.05) is 24.6 Å². The Bertz CT molecular complexity index is 884. The fourth-order valence-corrected chi connectivity index (χ4v) is 5.89. The van der Waals surface area contributed by atoms with Crippen LogP contribution in [0.2, 0.25) is 0 Å². The van der Waals surface area contributed by atoms with Gasteiger partial charge in [0.05, 0.1) is 24.5 Å². The lowest BCUT2D eigenvalue weighted by Gasteiger charge is -2.61. The van der Waals surface area contributed by atoms with Crippen LogP contribution in [0.1, 0.15) is 30.4 Å². The summed E-state index contributed by atoms with van der Waals surface area (Å²) in [6, 6.07) is 3.98. The molecule has 2 aliphatic carbocycles. The molecule has 0 saturated carbocycles. The van der Waals surface area contributed by atoms with Crippen molar-refractivity contribution in [1.29, 1.82) is 0 Å². The summed E-state index contributed by atoms with van der Waals surface area (Å²) in [5, 5.41) is 12.0. The van der Waals surface area contributed by atoms with Crippen LogP contribution in [0.3, 0.4) is 0 Å². The van der Waals surface area contributed by atoms with Gasteiger partial charge in [0.2, 0.25) is 0 Å². The number of piperidine rings is 1. The first-order valence-electron chi connectivity index (χ1n) is 9.86. The van der Waals surface area contributed by atoms with E-state index in [1.54, 1.807) is 7.11 Å². The van der Waals surface area contributed by atoms with Crippen LogP contribution in [0.4, 0.5) is 0 Å². The number of likely N-dealkylation sites (tertiary alicyclic amines) is 1. The summed E-state index contributed by atoms with van der Waals surface area (Å²) in [6.07, 6.45) is 3.33. The Balaban J connectivity index is 1.70. The quantitative estimate of drug-likeness (QED) is 0.742. The third-order valence-corrected chi connectivity index (χ3v) is 7.14. The molecule has 2 heterocycles. The molecule has 1 aromatic carbocycles. The molecule has 4 atom stereocenters. The molecule has 4 aliphatic rings. The van der Waals surface area contributed by atoms with Gasteiger partial charge < -0.3 is 30.0 Å². The second-order valence-corrected chi connectivity index (χ2v) is 8.30. The number of benzene rings is 1. The summed E-state index contributed by atoms with van der Waals surface area (Å²) in [4.78, 5) is 14.4. The third kappa shape index (κ3) is 2.02. The molecule has 1 fully saturated rings. The number of rotatable bonds is 4. The Morgan fingerprint density at radius 1 is 1.46 bits per heavy atom. The van der Waals surface area contributed by atoms with Crippen LogP contribution in [-0.2, 0) is 21.4 Å². The van der Waals surface area contributed by atoms with E-state index in [1.807, 2.05) is 12.1 Å². The van der Waals surface area contributed by atoms with Gasteiger partial charge in [0.25, 0.3) is 0 Å². The molecule has 5 rings (SSSR count). The second-order valence-electron chi connectivity index (χ2n) is 8.30. The molecule has 3 N–H and O–H groups in total. The molecular weight excluding hydrogens is 360 g/mol. The van der Waals surface area contributed by atoms with Crippen molar-refractivity contribution in [2.45, 2.75) is 48.8 Å². The summed E-state index contributed by atoms with van der Waals surface area (Å²) in [7, 11) is 3.68. The first-order valence-corrected chi connectivity index (χ1v) is 9.86. The van der Waals surface area contributed by atoms with Gasteiger partial charge in [-0.2, -0.15) is 0 Å². The van der Waals surface area contributed by atoms with Crippen molar-refractivity contribution in [3.05, 3.63) is 35.1 Å². The molecular formula is C21H26N2O5. The topological polar surface area (TPSA) is 94.2 Å². The Morgan fingerprint density at radius 3 is 3.04 bits per heavy atom. The van der Waals surface area contributed by atoms with E-state index in [0.717, 1.165) is 24.9 Å². The number of nitrogens with two attached hydrogens (primary N) is 1. The van der Waals surface area contributed by atoms with E-state index in [-0.39, 0.29) is 25.0 Å². The number of ether oxygens (including phenoxy) is 3. The van der Waals surface area contributed by atoms with Gasteiger partial charge in [-0.25, -0.2) is 0 Å². The van der Waals surface area contributed by atoms with E-state index in [0.29, 0.717) is 23.7 Å². The normalized spacial score (nSPS) is 34.9. The smallest absolute Gasteiger partial charge is 0.312 e. The van der Waals surface area contributed by atoms with E-state index in [1.165, 1.54) is 5.56 Å². The van der Waals surface area contributed by atoms with E-state index in [2.05, 4.69) is 18.0 Å². The zero-order valence-electron chi connectivity index (χ0n) is 16.2. The van der Waals surface area contributed by atoms with Crippen molar-refractivity contribution < 1.29 is 24.1 Å². The van der Waals surface area contributed by atoms with Crippen LogP contribution in [0, 0.1) is 0 Å². The molecule has 1 saturated heterocycles. The minimum Gasteiger partial charge on any atom is -0.493 e. The lowest BCUT2D eigenvalue weighted by atomic mass is 9.50. The van der Waals surface area contributed by atoms with Gasteiger partial charge in [-0.15, -0.1) is 0 Å². The maximum absolute atomic E-state index is 12.2. The highest BCUT2D eigenvalue weighted by Gasteiger charge is 2.72. The summed E-state index contributed by atoms with van der Waals surface area (Å²) in [5.74, 6) is 1.43. The summed E-state index contributed by atoms with van der Waals surface area (Å²) in [5.41, 5.74) is 6.08. The predicted molar refractivity (Wildman–Crippen MR) is 101 cm³/mol. The van der Waals surface area contributed by atoms with Gasteiger partial charge in [0.1, 0.15) is 5.76 Å². The van der Waals surface area contributed by atoms with Crippen LogP contribution in [0.15, 0.2) is 24.0 Å². The fourth-order valence-electron chi connectivity index (χ4n) is 5.89. The van der Waals surface area contributed by atoms with Crippen LogP contribution >= 0.6 is 0 Å². The third-order valence-electron chi connectivity index (χ3n) is 7.14. The average Bonchev–Trinajstić information content (AvgIpc) is 3.02. The number of hydrogen-bond donors (Lipinski definition) is 2. The number of esters is 1. The van der Waals surface area contributed by atoms with Crippen molar-refractivity contribution in [1.82, 2.24) is 4.90 Å². The monoisotopic (exact) mass is 386 g/mol. The molecule has 0 aromatic heterocycles. The lowest BCUT2D eigenvalue weighted by Crippen LogP contribution is -2.74. The summed E-state index contributed by atoms with van der Waals surface area (Å²) < 4.78 is 17.6. The first kappa shape index (κ1) is 18.0. The minimum atomic E-state index is -0.987. The van der Waals surface area contributed by atoms with Crippen LogP contribution in [0.5, 0.6) is 11.5 Å². The summed E-state index contributed by atoms with van der Waals surface area (Å²) in [6.45, 7) is 1.07. The molecule has 7 heteroatoms. The SMILES string of the molecule is COc1ccc2c3c1O[C@@H]1C(OC(=O)CCN)=CC[C@]4(O)[C@H](C2)N(C)CC[C@@]314. The van der Waals surface area contributed by atoms with Crippen molar-refractivity contribution in [2.24, 2.45) is 5.73 Å². The number of carbonyl (C=O) groups is 1. The number of methoxy groups -OCH3 is 1. The van der Waals surface area contributed by atoms with Gasteiger partial charge >= 0.3 is 5.97 Å². The average molecular weight is 386 g/mol. The number of aliphatic hydroxyl groups is 1. The van der Waals surface area contributed by atoms with E-state index < -0.39 is 17.1 Å². The number of likely N-dealkylation sites (N-methyl/N-ethyl adjacent to an activating group) is 1. The molecule has 1 aromatic rings. The maximum Gasteiger partial charge on any atom is 0.312 e. The van der Waals surface area contributed by atoms with Gasteiger partial charge in [-0.1, -0.05) is 6.07 Å². The molecule has 7 nitrogen and oxygen atoms in total. The number of hydrogen-bond acceptors (Lipinski definition) is 7. The largest absolute Gasteiger partial charge is 0.493 e. The van der Waals surface area contributed by atoms with Gasteiger partial charge in [-0.3, -0.25) is 4.79 Å². The highest BCUT2D eigenvalue weighted by molar-refractivity contribution is 5.72. The molecule has 2 bridgehead atoms. The van der Waals surface area contributed by atoms with Crippen molar-refractivity contribution in [3.8, 4) is 11.5 Å². The first-order chi connectivity index (χ1) is 13.5. The summed E-state index contributed by atoms with van der Waals surface area (Å²) >= 11 is 0. The van der Waals surface area contributed by atoms with Crippen molar-refractivity contribution in [2.75, 3.05) is 27.2 Å². The van der Waals surface area contributed by atoms with E-state index in [9.17, 15) is 9.90 Å². The highest BCUT2D eigenvalue weighted by atomic mass is 16.6. The van der Waals surface area contributed by atoms with Gasteiger partial charge in [-0.05, 0) is 44.1 Å². The van der Waals surface area contributed by atoms with Crippen LogP contribution in [-0.4, -0.2) is 61.0 Å². The Morgan fingerprint density at radius 2 is 2.29 bits per heavy atom. The second kappa shape index (κ2) is 5.95. The van der Waals surface area contributed by atoms with Crippen LogP contribution in [0.25, 0.3) is 0 Å². The standard InChI is InChI=1S/C21H26N2O5/c1-23-10-8-20-17-12-3-4-13(26-2)18(17)28-19(20)14(27-16(24)6-9-22)5-7-21(20,25)15(23)11-12/h3-5,15,19,25H,6-11,22H2,1-2H3/t15-,19+,20+,21-/m0/s1. The van der Waals surface area contributed by atoms with E-state index in [4.69, 9.17) is 19.9 Å². The molecule has 150 valence electrons. The molecule has 1 spiro atoms. The zero-order chi connectivity index (χ0) is 19.7. The molecule has 0 unspecified atom stereocenters. The molecule has 0 radical (unpaired) electrons. The number of carbonyl (C=O) groups excluding carboxylic acids is 1. The minimum absolute atomic E-state index is 0.0169. The Kier molecular flexibility index (Phi) is 3.82. The molecule has 2 aliphatic heterocycles. The molecule has 0 amide bonds. The lowest BCUT2D eigenvalue weighted by molar-refractivity contribution is -0.169. The van der Waals surface area contributed by atoms with Crippen molar-refractivity contribution in [3.63, 3.8) is 0 Å². The molecule has 28 heavy (non-hydrogen) atoms. The Hall–Kier alpha value is -2.09. The Labute approximate surface area is 164 Å². The highest BCUT2D eigenvalue weighted by Crippen LogP contribution is 2.65. The van der Waals surface area contributed by atoms with Crippen LogP contribution < -0.4 is 15.2 Å². The van der Waals surface area contributed by atoms with Crippen molar-refractivity contribution >= 4 is 5.97 Å². The fraction of sp³-hybridized carbons (Fsp3) is 0.571. The zero-order valence-corrected chi connectivity index (χ0v) is 16.2. The van der Waals surface area contributed by atoms with E-state index >= 15 is 0 Å².